The topological polar surface area (TPSA) is 25.8 Å². The van der Waals surface area contributed by atoms with Crippen LogP contribution in [0.4, 0.5) is 0 Å². The molecule has 1 heterocycles. The maximum Gasteiger partial charge on any atom is 0.0894 e. The second-order valence-corrected chi connectivity index (χ2v) is 3.20. The lowest BCUT2D eigenvalue weighted by Crippen LogP contribution is -1.85. The predicted octanol–water partition coefficient (Wildman–Crippen LogP) is 3.03. The highest BCUT2D eigenvalue weighted by Crippen LogP contribution is 2.14. The van der Waals surface area contributed by atoms with Gasteiger partial charge in [0.25, 0.3) is 0 Å². The van der Waals surface area contributed by atoms with Crippen molar-refractivity contribution in [2.75, 3.05) is 0 Å². The number of fused-ring (bicyclic) bond motifs is 2. The summed E-state index contributed by atoms with van der Waals surface area (Å²) in [4.78, 5) is 9.03. The number of rotatable bonds is 0. The zero-order chi connectivity index (χ0) is 9.38. The summed E-state index contributed by atoms with van der Waals surface area (Å²) in [7, 11) is 0. The third kappa shape index (κ3) is 1.04. The third-order valence-electron chi connectivity index (χ3n) is 2.25. The van der Waals surface area contributed by atoms with Gasteiger partial charge in [-0.05, 0) is 24.3 Å². The van der Waals surface area contributed by atoms with Crippen LogP contribution in [-0.4, -0.2) is 9.97 Å². The smallest absolute Gasteiger partial charge is 0.0894 e. The van der Waals surface area contributed by atoms with Gasteiger partial charge in [-0.3, -0.25) is 0 Å². The van der Waals surface area contributed by atoms with Gasteiger partial charge < -0.3 is 0 Å². The summed E-state index contributed by atoms with van der Waals surface area (Å²) in [6, 6.07) is 15.8. The highest BCUT2D eigenvalue weighted by Gasteiger charge is 1.98. The molecule has 0 aliphatic carbocycles. The maximum atomic E-state index is 4.52. The lowest BCUT2D eigenvalue weighted by atomic mass is 10.2. The Morgan fingerprint density at radius 3 is 1.14 bits per heavy atom. The maximum absolute atomic E-state index is 4.52. The fraction of sp³-hybridized carbons (Fsp3) is 0. The molecule has 0 saturated carbocycles. The van der Waals surface area contributed by atoms with Gasteiger partial charge in [-0.1, -0.05) is 24.3 Å². The molecule has 68 valence electrons. The van der Waals surface area contributed by atoms with E-state index in [1.807, 2.05) is 48.5 Å². The first-order valence-electron chi connectivity index (χ1n) is 4.55. The molecule has 2 heteroatoms. The van der Waals surface area contributed by atoms with Crippen LogP contribution in [0.3, 0.4) is 0 Å². The molecule has 2 nitrogen and oxygen atoms in total. The van der Waals surface area contributed by atoms with E-state index in [1.54, 1.807) is 0 Å². The lowest BCUT2D eigenvalue weighted by Gasteiger charge is -1.98. The van der Waals surface area contributed by atoms with Crippen LogP contribution in [-0.2, 0) is 0 Å². The molecule has 1 aromatic heterocycles. The highest BCUT2D eigenvalue weighted by molar-refractivity contribution is 5.85. The first-order valence-corrected chi connectivity index (χ1v) is 4.55. The van der Waals surface area contributed by atoms with Gasteiger partial charge in [0.2, 0.25) is 0 Å². The molecule has 0 saturated heterocycles. The molecular weight excluding hydrogens is 172 g/mol. The van der Waals surface area contributed by atoms with Crippen LogP contribution in [0, 0.1) is 0 Å². The van der Waals surface area contributed by atoms with Crippen LogP contribution in [0.25, 0.3) is 22.1 Å². The van der Waals surface area contributed by atoms with Crippen molar-refractivity contribution in [3.05, 3.63) is 48.5 Å². The first-order chi connectivity index (χ1) is 6.93. The van der Waals surface area contributed by atoms with Gasteiger partial charge in [-0.2, -0.15) is 0 Å². The second kappa shape index (κ2) is 2.77. The molecule has 0 aliphatic rings. The zero-order valence-corrected chi connectivity index (χ0v) is 7.51. The molecule has 0 amide bonds. The van der Waals surface area contributed by atoms with Crippen molar-refractivity contribution in [1.29, 1.82) is 0 Å². The van der Waals surface area contributed by atoms with Crippen LogP contribution in [0.5, 0.6) is 0 Å². The summed E-state index contributed by atoms with van der Waals surface area (Å²) < 4.78 is 0. The molecule has 14 heavy (non-hydrogen) atoms. The van der Waals surface area contributed by atoms with E-state index in [9.17, 15) is 0 Å². The minimum absolute atomic E-state index is 0. The van der Waals surface area contributed by atoms with Crippen LogP contribution < -0.4 is 0 Å². The fourth-order valence-electron chi connectivity index (χ4n) is 1.57. The van der Waals surface area contributed by atoms with Crippen LogP contribution in [0.15, 0.2) is 48.5 Å². The molecule has 0 bridgehead atoms. The number of benzene rings is 2. The molecule has 0 N–H and O–H groups in total. The van der Waals surface area contributed by atoms with Crippen LogP contribution >= 0.6 is 0 Å². The van der Waals surface area contributed by atoms with Gasteiger partial charge in [0.1, 0.15) is 0 Å². The van der Waals surface area contributed by atoms with Gasteiger partial charge in [0, 0.05) is 1.43 Å². The van der Waals surface area contributed by atoms with Crippen molar-refractivity contribution < 1.29 is 1.43 Å². The molecule has 0 atom stereocenters. The van der Waals surface area contributed by atoms with Crippen LogP contribution in [0.2, 0.25) is 0 Å². The van der Waals surface area contributed by atoms with Crippen molar-refractivity contribution in [3.63, 3.8) is 0 Å². The van der Waals surface area contributed by atoms with Crippen molar-refractivity contribution in [2.24, 2.45) is 0 Å². The van der Waals surface area contributed by atoms with E-state index in [0.717, 1.165) is 22.1 Å². The van der Waals surface area contributed by atoms with Crippen LogP contribution in [0.1, 0.15) is 1.43 Å². The Kier molecular flexibility index (Phi) is 1.47. The van der Waals surface area contributed by atoms with E-state index in [4.69, 9.17) is 0 Å². The summed E-state index contributed by atoms with van der Waals surface area (Å²) in [6.45, 7) is 0. The molecule has 0 unspecified atom stereocenters. The quantitative estimate of drug-likeness (QED) is 0.499. The van der Waals surface area contributed by atoms with E-state index in [1.165, 1.54) is 0 Å². The molecule has 0 aliphatic heterocycles. The van der Waals surface area contributed by atoms with Gasteiger partial charge in [0.15, 0.2) is 0 Å². The summed E-state index contributed by atoms with van der Waals surface area (Å²) in [5, 5.41) is 0. The zero-order valence-electron chi connectivity index (χ0n) is 7.51. The lowest BCUT2D eigenvalue weighted by molar-refractivity contribution is 1.39. The average Bonchev–Trinajstić information content (AvgIpc) is 2.26. The van der Waals surface area contributed by atoms with E-state index in [2.05, 4.69) is 9.97 Å². The standard InChI is InChI=1S/C12H8N2.H2/c1-2-6-10-9(5-1)13-11-7-3-4-8-12(11)14-10;/h1-8H;1H. The summed E-state index contributed by atoms with van der Waals surface area (Å²) >= 11 is 0. The monoisotopic (exact) mass is 182 g/mol. The number of para-hydroxylation sites is 4. The Morgan fingerprint density at radius 2 is 0.857 bits per heavy atom. The summed E-state index contributed by atoms with van der Waals surface area (Å²) in [5.74, 6) is 0. The molecule has 3 rings (SSSR count). The molecule has 0 radical (unpaired) electrons. The Bertz CT molecular complexity index is 502. The molecule has 2 aromatic carbocycles. The molecule has 3 aromatic rings. The first kappa shape index (κ1) is 7.44. The highest BCUT2D eigenvalue weighted by atomic mass is 14.8. The average molecular weight is 182 g/mol. The predicted molar refractivity (Wildman–Crippen MR) is 59.2 cm³/mol. The van der Waals surface area contributed by atoms with Gasteiger partial charge in [-0.25, -0.2) is 9.97 Å². The Labute approximate surface area is 82.7 Å². The van der Waals surface area contributed by atoms with E-state index in [0.29, 0.717) is 0 Å². The molecule has 0 spiro atoms. The van der Waals surface area contributed by atoms with Crippen molar-refractivity contribution in [1.82, 2.24) is 9.97 Å². The minimum Gasteiger partial charge on any atom is -0.245 e. The minimum atomic E-state index is 0. The van der Waals surface area contributed by atoms with E-state index >= 15 is 0 Å². The van der Waals surface area contributed by atoms with Gasteiger partial charge >= 0.3 is 0 Å². The largest absolute Gasteiger partial charge is 0.245 e. The molecule has 0 fully saturated rings. The van der Waals surface area contributed by atoms with E-state index < -0.39 is 0 Å². The van der Waals surface area contributed by atoms with Crippen molar-refractivity contribution in [3.8, 4) is 0 Å². The summed E-state index contributed by atoms with van der Waals surface area (Å²) in [5.41, 5.74) is 3.80. The van der Waals surface area contributed by atoms with Crippen molar-refractivity contribution in [2.45, 2.75) is 0 Å². The van der Waals surface area contributed by atoms with Gasteiger partial charge in [-0.15, -0.1) is 0 Å². The van der Waals surface area contributed by atoms with E-state index in [-0.39, 0.29) is 1.43 Å². The Balaban J connectivity index is 0.000000853. The van der Waals surface area contributed by atoms with Crippen molar-refractivity contribution >= 4 is 22.1 Å². The Hall–Kier alpha value is -1.96. The number of hydrogen-bond donors (Lipinski definition) is 0. The normalized spacial score (nSPS) is 10.9. The SMILES string of the molecule is [HH].c1ccc2nc3ccccc3nc2c1. The fourth-order valence-corrected chi connectivity index (χ4v) is 1.57. The number of aromatic nitrogens is 2. The molecular formula is C12H10N2. The van der Waals surface area contributed by atoms with Gasteiger partial charge in [0.05, 0.1) is 22.1 Å². The number of hydrogen-bond acceptors (Lipinski definition) is 2. The second-order valence-electron chi connectivity index (χ2n) is 3.20. The summed E-state index contributed by atoms with van der Waals surface area (Å²) in [6.07, 6.45) is 0. The Morgan fingerprint density at radius 1 is 0.571 bits per heavy atom. The third-order valence-corrected chi connectivity index (χ3v) is 2.25. The number of nitrogens with zero attached hydrogens (tertiary/aromatic N) is 2.